The Labute approximate surface area is 370 Å². The number of hydrogen-bond acceptors (Lipinski definition) is 1. The topological polar surface area (TPSA) is 3.24 Å². The monoisotopic (exact) mass is 803 g/mol. The lowest BCUT2D eigenvalue weighted by atomic mass is 9.67. The Hall–Kier alpha value is -7.74. The van der Waals surface area contributed by atoms with E-state index in [1.165, 1.54) is 94.3 Å². The summed E-state index contributed by atoms with van der Waals surface area (Å²) in [6, 6.07) is 87.9. The average molecular weight is 804 g/mol. The van der Waals surface area contributed by atoms with Crippen LogP contribution in [-0.2, 0) is 10.8 Å². The molecular formula is C62H45N. The van der Waals surface area contributed by atoms with Crippen LogP contribution in [0.25, 0.3) is 55.3 Å². The molecule has 0 spiro atoms. The Morgan fingerprint density at radius 1 is 0.349 bits per heavy atom. The summed E-state index contributed by atoms with van der Waals surface area (Å²) in [6.45, 7) is 4.81. The van der Waals surface area contributed by atoms with Crippen LogP contribution in [0.3, 0.4) is 0 Å². The van der Waals surface area contributed by atoms with Gasteiger partial charge in [0, 0.05) is 22.4 Å². The fourth-order valence-corrected chi connectivity index (χ4v) is 11.1. The van der Waals surface area contributed by atoms with E-state index in [0.29, 0.717) is 0 Å². The van der Waals surface area contributed by atoms with E-state index in [9.17, 15) is 0 Å². The molecule has 0 unspecified atom stereocenters. The van der Waals surface area contributed by atoms with E-state index in [1.54, 1.807) is 0 Å². The second-order valence-electron chi connectivity index (χ2n) is 17.6. The number of hydrogen-bond donors (Lipinski definition) is 0. The van der Waals surface area contributed by atoms with E-state index in [4.69, 9.17) is 0 Å². The molecule has 0 saturated carbocycles. The first kappa shape index (κ1) is 37.1. The second kappa shape index (κ2) is 14.4. The van der Waals surface area contributed by atoms with E-state index in [1.807, 2.05) is 0 Å². The quantitative estimate of drug-likeness (QED) is 0.155. The summed E-state index contributed by atoms with van der Waals surface area (Å²) < 4.78 is 0. The maximum atomic E-state index is 2.58. The molecule has 0 fully saturated rings. The van der Waals surface area contributed by atoms with Crippen LogP contribution in [0.5, 0.6) is 0 Å². The van der Waals surface area contributed by atoms with Gasteiger partial charge < -0.3 is 4.90 Å². The fourth-order valence-electron chi connectivity index (χ4n) is 11.1. The van der Waals surface area contributed by atoms with Crippen LogP contribution in [0.2, 0.25) is 0 Å². The first-order valence-electron chi connectivity index (χ1n) is 22.1. The van der Waals surface area contributed by atoms with Crippen molar-refractivity contribution in [3.05, 3.63) is 270 Å². The van der Waals surface area contributed by atoms with Crippen molar-refractivity contribution in [1.29, 1.82) is 0 Å². The van der Waals surface area contributed by atoms with E-state index in [2.05, 4.69) is 255 Å². The molecule has 298 valence electrons. The van der Waals surface area contributed by atoms with Crippen LogP contribution in [0.1, 0.15) is 47.2 Å². The summed E-state index contributed by atoms with van der Waals surface area (Å²) in [5.74, 6) is 0. The van der Waals surface area contributed by atoms with Gasteiger partial charge in [0.25, 0.3) is 0 Å². The number of nitrogens with zero attached hydrogens (tertiary/aromatic N) is 1. The summed E-state index contributed by atoms with van der Waals surface area (Å²) in [7, 11) is 0. The van der Waals surface area contributed by atoms with Gasteiger partial charge in [-0.2, -0.15) is 0 Å². The maximum absolute atomic E-state index is 2.58. The summed E-state index contributed by atoms with van der Waals surface area (Å²) >= 11 is 0. The highest BCUT2D eigenvalue weighted by Gasteiger charge is 2.47. The predicted molar refractivity (Wildman–Crippen MR) is 264 cm³/mol. The molecule has 0 N–H and O–H groups in total. The Kier molecular flexibility index (Phi) is 8.49. The zero-order valence-corrected chi connectivity index (χ0v) is 35.5. The molecule has 2 aliphatic carbocycles. The second-order valence-corrected chi connectivity index (χ2v) is 17.6. The first-order valence-corrected chi connectivity index (χ1v) is 22.1. The normalized spacial score (nSPS) is 13.8. The van der Waals surface area contributed by atoms with Crippen molar-refractivity contribution in [1.82, 2.24) is 0 Å². The van der Waals surface area contributed by atoms with Crippen LogP contribution in [0.15, 0.2) is 237 Å². The van der Waals surface area contributed by atoms with Crippen molar-refractivity contribution in [2.45, 2.75) is 24.7 Å². The van der Waals surface area contributed by atoms with E-state index < -0.39 is 5.41 Å². The zero-order chi connectivity index (χ0) is 42.1. The van der Waals surface area contributed by atoms with Crippen LogP contribution in [0, 0.1) is 0 Å². The minimum Gasteiger partial charge on any atom is -0.310 e. The highest BCUT2D eigenvalue weighted by atomic mass is 15.1. The van der Waals surface area contributed by atoms with E-state index >= 15 is 0 Å². The summed E-state index contributed by atoms with van der Waals surface area (Å²) in [5.41, 5.74) is 20.3. The molecule has 0 bridgehead atoms. The molecule has 2 aliphatic rings. The molecule has 0 atom stereocenters. The van der Waals surface area contributed by atoms with E-state index in [-0.39, 0.29) is 5.41 Å². The van der Waals surface area contributed by atoms with Gasteiger partial charge in [0.05, 0.1) is 11.1 Å². The Morgan fingerprint density at radius 2 is 0.857 bits per heavy atom. The molecule has 1 heteroatoms. The zero-order valence-electron chi connectivity index (χ0n) is 35.5. The van der Waals surface area contributed by atoms with Gasteiger partial charge in [-0.3, -0.25) is 0 Å². The average Bonchev–Trinajstić information content (AvgIpc) is 3.78. The molecule has 0 saturated heterocycles. The molecule has 10 aromatic carbocycles. The largest absolute Gasteiger partial charge is 0.310 e. The highest BCUT2D eigenvalue weighted by molar-refractivity contribution is 6.06. The Bertz CT molecular complexity index is 3250. The van der Waals surface area contributed by atoms with Gasteiger partial charge in [0.1, 0.15) is 0 Å². The SMILES string of the molecule is CC1(C)c2ccccc2-c2c(N(c3cc(-c4ccccc4)cc(-c4ccccc4)c3)c3ccc4c(c3)C(c3ccccc3)(c3ccccc3)c3ccccc3-4)cc3ccccc3c21. The molecule has 0 aliphatic heterocycles. The Balaban J connectivity index is 1.22. The number of benzene rings is 10. The minimum atomic E-state index is -0.545. The third-order valence-electron chi connectivity index (χ3n) is 13.9. The standard InChI is InChI=1S/C62H45N/c1-61(2)55-33-19-18-32-54(55)59-58(40-44-25-15-16-30-51(44)60(59)61)63(50-38-45(42-21-7-3-8-22-42)37-46(39-50)43-23-9-4-10-24-43)49-35-36-53-52-31-17-20-34-56(52)62(57(53)41-49,47-26-11-5-12-27-47)48-28-13-6-14-29-48/h3-41H,1-2H3. The highest BCUT2D eigenvalue weighted by Crippen LogP contribution is 2.60. The molecule has 63 heavy (non-hydrogen) atoms. The van der Waals surface area contributed by atoms with Crippen molar-refractivity contribution >= 4 is 27.8 Å². The molecule has 0 heterocycles. The van der Waals surface area contributed by atoms with Crippen LogP contribution in [-0.4, -0.2) is 0 Å². The van der Waals surface area contributed by atoms with Gasteiger partial charge in [0.15, 0.2) is 0 Å². The van der Waals surface area contributed by atoms with Crippen LogP contribution in [0.4, 0.5) is 17.1 Å². The van der Waals surface area contributed by atoms with Crippen molar-refractivity contribution in [3.8, 4) is 44.5 Å². The predicted octanol–water partition coefficient (Wildman–Crippen LogP) is 16.3. The van der Waals surface area contributed by atoms with Crippen LogP contribution < -0.4 is 4.90 Å². The molecule has 0 radical (unpaired) electrons. The molecular weight excluding hydrogens is 759 g/mol. The van der Waals surface area contributed by atoms with Crippen LogP contribution >= 0.6 is 0 Å². The summed E-state index contributed by atoms with van der Waals surface area (Å²) in [4.78, 5) is 2.58. The number of anilines is 3. The summed E-state index contributed by atoms with van der Waals surface area (Å²) in [5, 5.41) is 2.54. The lowest BCUT2D eigenvalue weighted by Crippen LogP contribution is -2.28. The first-order chi connectivity index (χ1) is 31.0. The number of fused-ring (bicyclic) bond motifs is 8. The lowest BCUT2D eigenvalue weighted by Gasteiger charge is -2.35. The lowest BCUT2D eigenvalue weighted by molar-refractivity contribution is 0.666. The van der Waals surface area contributed by atoms with Crippen molar-refractivity contribution in [2.75, 3.05) is 4.90 Å². The fraction of sp³-hybridized carbons (Fsp3) is 0.0645. The molecule has 0 aromatic heterocycles. The van der Waals surface area contributed by atoms with Gasteiger partial charge in [-0.05, 0) is 119 Å². The molecule has 10 aromatic rings. The van der Waals surface area contributed by atoms with Crippen molar-refractivity contribution in [2.24, 2.45) is 0 Å². The van der Waals surface area contributed by atoms with E-state index in [0.717, 1.165) is 11.4 Å². The molecule has 0 amide bonds. The maximum Gasteiger partial charge on any atom is 0.0714 e. The summed E-state index contributed by atoms with van der Waals surface area (Å²) in [6.07, 6.45) is 0. The van der Waals surface area contributed by atoms with Gasteiger partial charge in [-0.25, -0.2) is 0 Å². The third kappa shape index (κ3) is 5.63. The number of rotatable bonds is 7. The third-order valence-corrected chi connectivity index (χ3v) is 13.9. The minimum absolute atomic E-state index is 0.219. The van der Waals surface area contributed by atoms with Gasteiger partial charge in [-0.15, -0.1) is 0 Å². The van der Waals surface area contributed by atoms with Gasteiger partial charge in [0.2, 0.25) is 0 Å². The van der Waals surface area contributed by atoms with Crippen molar-refractivity contribution in [3.63, 3.8) is 0 Å². The Morgan fingerprint density at radius 3 is 1.49 bits per heavy atom. The van der Waals surface area contributed by atoms with Gasteiger partial charge >= 0.3 is 0 Å². The molecule has 1 nitrogen and oxygen atoms in total. The molecule has 12 rings (SSSR count). The smallest absolute Gasteiger partial charge is 0.0714 e. The van der Waals surface area contributed by atoms with Crippen molar-refractivity contribution < 1.29 is 0 Å². The van der Waals surface area contributed by atoms with Gasteiger partial charge in [-0.1, -0.05) is 214 Å².